The molecular formula is C27H32N6O4S. The summed E-state index contributed by atoms with van der Waals surface area (Å²) in [6.07, 6.45) is 5.41. The summed E-state index contributed by atoms with van der Waals surface area (Å²) in [6, 6.07) is 10.4. The smallest absolute Gasteiger partial charge is 0.325 e. The molecule has 1 aliphatic rings. The SMILES string of the molecule is CC(C)(C)[N+]1(C(=O)[O-])CCCC[C@H](NC(=O)c2cc(-c3ccccc3)sc2NC(=O)Nc2cnccn2)C1. The van der Waals surface area contributed by atoms with Crippen LogP contribution in [0.1, 0.15) is 50.4 Å². The first kappa shape index (κ1) is 27.2. The Balaban J connectivity index is 1.60. The van der Waals surface area contributed by atoms with E-state index >= 15 is 0 Å². The van der Waals surface area contributed by atoms with E-state index in [2.05, 4.69) is 25.9 Å². The zero-order valence-electron chi connectivity index (χ0n) is 21.7. The summed E-state index contributed by atoms with van der Waals surface area (Å²) >= 11 is 1.28. The van der Waals surface area contributed by atoms with Crippen molar-refractivity contribution in [2.45, 2.75) is 51.6 Å². The lowest BCUT2D eigenvalue weighted by Crippen LogP contribution is -2.70. The molecule has 10 nitrogen and oxygen atoms in total. The molecule has 200 valence electrons. The molecule has 2 aromatic heterocycles. The number of urea groups is 1. The minimum Gasteiger partial charge on any atom is -0.498 e. The van der Waals surface area contributed by atoms with E-state index in [0.717, 1.165) is 23.3 Å². The maximum atomic E-state index is 13.6. The van der Waals surface area contributed by atoms with Crippen LogP contribution in [0.25, 0.3) is 10.4 Å². The summed E-state index contributed by atoms with van der Waals surface area (Å²) in [7, 11) is 0. The quantitative estimate of drug-likeness (QED) is 0.420. The topological polar surface area (TPSA) is 136 Å². The van der Waals surface area contributed by atoms with Crippen LogP contribution in [-0.4, -0.2) is 57.2 Å². The van der Waals surface area contributed by atoms with Crippen LogP contribution >= 0.6 is 11.3 Å². The number of carbonyl (C=O) groups excluding carboxylic acids is 3. The fourth-order valence-electron chi connectivity index (χ4n) is 4.77. The molecule has 2 atom stereocenters. The van der Waals surface area contributed by atoms with Crippen molar-refractivity contribution in [3.63, 3.8) is 0 Å². The number of hydrogen-bond acceptors (Lipinski definition) is 7. The van der Waals surface area contributed by atoms with Crippen LogP contribution in [0.3, 0.4) is 0 Å². The largest absolute Gasteiger partial charge is 0.498 e. The van der Waals surface area contributed by atoms with Gasteiger partial charge in [-0.05, 0) is 51.7 Å². The Hall–Kier alpha value is -3.83. The number of thiophene rings is 1. The molecule has 0 bridgehead atoms. The molecule has 4 amide bonds. The standard InChI is InChI=1S/C27H32N6O4S/c1-27(2,3)33(26(36)37)14-8-7-11-19(17-33)30-23(34)20-15-21(18-9-5-4-6-10-18)38-24(20)32-25(35)31-22-16-28-12-13-29-22/h4-6,9-10,12-13,15-16,19H,7-8,11,14,17H2,1-3H3,(H3-,29,30,31,32,34,35,36,37)/t19-,33?/m0/s1. The van der Waals surface area contributed by atoms with Gasteiger partial charge in [-0.25, -0.2) is 9.78 Å². The Morgan fingerprint density at radius 1 is 1.08 bits per heavy atom. The molecule has 4 rings (SSSR count). The van der Waals surface area contributed by atoms with Crippen molar-refractivity contribution in [1.82, 2.24) is 15.3 Å². The van der Waals surface area contributed by atoms with E-state index in [1.165, 1.54) is 29.9 Å². The Morgan fingerprint density at radius 2 is 1.84 bits per heavy atom. The van der Waals surface area contributed by atoms with E-state index < -0.39 is 17.7 Å². The lowest BCUT2D eigenvalue weighted by molar-refractivity contribution is -0.919. The molecule has 1 aliphatic heterocycles. The van der Waals surface area contributed by atoms with Crippen molar-refractivity contribution in [1.29, 1.82) is 0 Å². The van der Waals surface area contributed by atoms with Crippen LogP contribution in [0.5, 0.6) is 0 Å². The highest BCUT2D eigenvalue weighted by Crippen LogP contribution is 2.36. The van der Waals surface area contributed by atoms with Gasteiger partial charge in [0.05, 0.1) is 29.9 Å². The first-order valence-electron chi connectivity index (χ1n) is 12.5. The van der Waals surface area contributed by atoms with Gasteiger partial charge in [0.2, 0.25) is 0 Å². The van der Waals surface area contributed by atoms with Gasteiger partial charge < -0.3 is 15.2 Å². The van der Waals surface area contributed by atoms with Gasteiger partial charge in [0.15, 0.2) is 5.82 Å². The molecular weight excluding hydrogens is 504 g/mol. The summed E-state index contributed by atoms with van der Waals surface area (Å²) in [5.41, 5.74) is 0.610. The van der Waals surface area contributed by atoms with Gasteiger partial charge in [0.25, 0.3) is 12.0 Å². The maximum absolute atomic E-state index is 13.6. The fourth-order valence-corrected chi connectivity index (χ4v) is 5.83. The van der Waals surface area contributed by atoms with Gasteiger partial charge in [-0.15, -0.1) is 11.3 Å². The number of carboxylic acid groups (broad SMARTS) is 1. The highest BCUT2D eigenvalue weighted by atomic mass is 32.1. The van der Waals surface area contributed by atoms with E-state index in [9.17, 15) is 19.5 Å². The zero-order valence-corrected chi connectivity index (χ0v) is 22.5. The number of benzene rings is 1. The van der Waals surface area contributed by atoms with Crippen molar-refractivity contribution in [2.75, 3.05) is 23.7 Å². The third-order valence-corrected chi connectivity index (χ3v) is 8.01. The number of rotatable bonds is 5. The second-order valence-corrected chi connectivity index (χ2v) is 11.4. The molecule has 0 spiro atoms. The molecule has 3 N–H and O–H groups in total. The number of amides is 4. The lowest BCUT2D eigenvalue weighted by atomic mass is 10.0. The molecule has 38 heavy (non-hydrogen) atoms. The summed E-state index contributed by atoms with van der Waals surface area (Å²) in [5, 5.41) is 21.2. The van der Waals surface area contributed by atoms with Gasteiger partial charge in [-0.2, -0.15) is 0 Å². The molecule has 11 heteroatoms. The molecule has 1 saturated heterocycles. The van der Waals surface area contributed by atoms with Gasteiger partial charge in [-0.3, -0.25) is 24.9 Å². The van der Waals surface area contributed by atoms with Crippen LogP contribution in [0, 0.1) is 0 Å². The molecule has 1 unspecified atom stereocenters. The van der Waals surface area contributed by atoms with E-state index in [-0.39, 0.29) is 28.8 Å². The van der Waals surface area contributed by atoms with Crippen molar-refractivity contribution in [2.24, 2.45) is 0 Å². The number of nitrogens with one attached hydrogen (secondary N) is 3. The van der Waals surface area contributed by atoms with Crippen LogP contribution in [-0.2, 0) is 0 Å². The Morgan fingerprint density at radius 3 is 2.50 bits per heavy atom. The van der Waals surface area contributed by atoms with E-state index in [0.29, 0.717) is 23.5 Å². The number of carbonyl (C=O) groups is 3. The average molecular weight is 537 g/mol. The lowest BCUT2D eigenvalue weighted by Gasteiger charge is -2.48. The second kappa shape index (κ2) is 11.3. The maximum Gasteiger partial charge on any atom is 0.325 e. The Kier molecular flexibility index (Phi) is 8.08. The van der Waals surface area contributed by atoms with Gasteiger partial charge in [0, 0.05) is 17.3 Å². The van der Waals surface area contributed by atoms with Crippen molar-refractivity contribution < 1.29 is 24.0 Å². The molecule has 1 fully saturated rings. The summed E-state index contributed by atoms with van der Waals surface area (Å²) in [6.45, 7) is 6.33. The van der Waals surface area contributed by atoms with Crippen molar-refractivity contribution in [3.8, 4) is 10.4 Å². The Bertz CT molecular complexity index is 1290. The van der Waals surface area contributed by atoms with Crippen molar-refractivity contribution >= 4 is 40.2 Å². The number of hydrogen-bond donors (Lipinski definition) is 3. The number of anilines is 2. The highest BCUT2D eigenvalue weighted by Gasteiger charge is 2.45. The molecule has 3 aromatic rings. The molecule has 0 radical (unpaired) electrons. The number of nitrogens with zero attached hydrogens (tertiary/aromatic N) is 3. The molecule has 0 aliphatic carbocycles. The van der Waals surface area contributed by atoms with Crippen LogP contribution < -0.4 is 21.1 Å². The molecule has 3 heterocycles. The Labute approximate surface area is 225 Å². The minimum atomic E-state index is -1.14. The van der Waals surface area contributed by atoms with Gasteiger partial charge in [-0.1, -0.05) is 30.3 Å². The van der Waals surface area contributed by atoms with Gasteiger partial charge in [0.1, 0.15) is 11.5 Å². The monoisotopic (exact) mass is 536 g/mol. The highest BCUT2D eigenvalue weighted by molar-refractivity contribution is 7.20. The third-order valence-electron chi connectivity index (χ3n) is 6.91. The predicted molar refractivity (Wildman–Crippen MR) is 145 cm³/mol. The average Bonchev–Trinajstić information content (AvgIpc) is 3.16. The first-order chi connectivity index (χ1) is 18.1. The van der Waals surface area contributed by atoms with Crippen LogP contribution in [0.2, 0.25) is 0 Å². The number of aromatic nitrogens is 2. The van der Waals surface area contributed by atoms with Crippen LogP contribution in [0.4, 0.5) is 20.4 Å². The fraction of sp³-hybridized carbons (Fsp3) is 0.370. The predicted octanol–water partition coefficient (Wildman–Crippen LogP) is 4.09. The summed E-state index contributed by atoms with van der Waals surface area (Å²) in [4.78, 5) is 47.4. The molecule has 1 aromatic carbocycles. The minimum absolute atomic E-state index is 0.225. The van der Waals surface area contributed by atoms with Crippen LogP contribution in [0.15, 0.2) is 55.0 Å². The van der Waals surface area contributed by atoms with Gasteiger partial charge >= 0.3 is 6.03 Å². The van der Waals surface area contributed by atoms with E-state index in [1.54, 1.807) is 6.07 Å². The number of quaternary nitrogens is 1. The van der Waals surface area contributed by atoms with E-state index in [1.807, 2.05) is 51.1 Å². The molecule has 0 saturated carbocycles. The normalized spacial score (nSPS) is 19.7. The first-order valence-corrected chi connectivity index (χ1v) is 13.3. The van der Waals surface area contributed by atoms with Crippen molar-refractivity contribution in [3.05, 3.63) is 60.6 Å². The zero-order chi connectivity index (χ0) is 27.3. The summed E-state index contributed by atoms with van der Waals surface area (Å²) < 4.78 is -0.234. The van der Waals surface area contributed by atoms with E-state index in [4.69, 9.17) is 0 Å². The third kappa shape index (κ3) is 6.00. The number of likely N-dealkylation sites (tertiary alicyclic amines) is 1. The second-order valence-electron chi connectivity index (χ2n) is 10.4. The summed E-state index contributed by atoms with van der Waals surface area (Å²) in [5.74, 6) is -0.108.